The summed E-state index contributed by atoms with van der Waals surface area (Å²) < 4.78 is 0. The van der Waals surface area contributed by atoms with Crippen molar-refractivity contribution in [3.63, 3.8) is 0 Å². The largest absolute Gasteiger partial charge is 0.354 e. The van der Waals surface area contributed by atoms with E-state index in [1.165, 1.54) is 5.56 Å². The smallest absolute Gasteiger partial charge is 0.223 e. The predicted molar refractivity (Wildman–Crippen MR) is 79.7 cm³/mol. The van der Waals surface area contributed by atoms with E-state index in [1.54, 1.807) is 11.8 Å². The summed E-state index contributed by atoms with van der Waals surface area (Å²) in [7, 11) is 0. The molecule has 2 rings (SSSR count). The molecule has 0 aromatic heterocycles. The zero-order valence-corrected chi connectivity index (χ0v) is 12.4. The zero-order chi connectivity index (χ0) is 14.7. The number of nitrogens with zero attached hydrogens (tertiary/aromatic N) is 1. The van der Waals surface area contributed by atoms with Gasteiger partial charge in [-0.25, -0.2) is 0 Å². The Morgan fingerprint density at radius 3 is 2.55 bits per heavy atom. The molecule has 108 valence electrons. The molecular weight excluding hydrogens is 252 g/mol. The van der Waals surface area contributed by atoms with Crippen LogP contribution in [-0.4, -0.2) is 24.9 Å². The number of benzene rings is 1. The molecule has 4 nitrogen and oxygen atoms in total. The minimum absolute atomic E-state index is 0.00220. The van der Waals surface area contributed by atoms with Crippen LogP contribution in [0.4, 0.5) is 5.69 Å². The van der Waals surface area contributed by atoms with Crippen LogP contribution in [0, 0.1) is 19.8 Å². The second kappa shape index (κ2) is 6.07. The predicted octanol–water partition coefficient (Wildman–Crippen LogP) is 2.18. The number of hydrogen-bond acceptors (Lipinski definition) is 2. The van der Waals surface area contributed by atoms with Crippen molar-refractivity contribution >= 4 is 17.5 Å². The molecule has 1 aromatic carbocycles. The molecule has 1 aliphatic rings. The molecule has 1 aromatic rings. The maximum absolute atomic E-state index is 11.8. The van der Waals surface area contributed by atoms with Gasteiger partial charge in [0.1, 0.15) is 0 Å². The highest BCUT2D eigenvalue weighted by molar-refractivity contribution is 5.92. The van der Waals surface area contributed by atoms with E-state index in [1.807, 2.05) is 26.0 Å². The molecule has 0 bridgehead atoms. The second-order valence-electron chi connectivity index (χ2n) is 5.53. The van der Waals surface area contributed by atoms with E-state index in [4.69, 9.17) is 0 Å². The Labute approximate surface area is 120 Å². The van der Waals surface area contributed by atoms with Crippen molar-refractivity contribution in [2.45, 2.75) is 33.6 Å². The molecule has 1 N–H and O–H groups in total. The number of anilines is 1. The van der Waals surface area contributed by atoms with Crippen LogP contribution in [0.1, 0.15) is 30.9 Å². The molecule has 0 atom stereocenters. The Hall–Kier alpha value is -1.84. The van der Waals surface area contributed by atoms with Crippen LogP contribution >= 0.6 is 0 Å². The Morgan fingerprint density at radius 1 is 1.30 bits per heavy atom. The fraction of sp³-hybridized carbons (Fsp3) is 0.500. The van der Waals surface area contributed by atoms with Gasteiger partial charge in [-0.05, 0) is 38.3 Å². The van der Waals surface area contributed by atoms with Crippen LogP contribution in [0.2, 0.25) is 0 Å². The molecular formula is C16H22N2O2. The lowest BCUT2D eigenvalue weighted by Crippen LogP contribution is -2.38. The number of carbonyl (C=O) groups excluding carboxylic acids is 2. The molecule has 0 aliphatic heterocycles. The van der Waals surface area contributed by atoms with E-state index in [0.29, 0.717) is 13.1 Å². The third kappa shape index (κ3) is 3.59. The van der Waals surface area contributed by atoms with Gasteiger partial charge in [0, 0.05) is 31.6 Å². The van der Waals surface area contributed by atoms with Gasteiger partial charge in [-0.2, -0.15) is 0 Å². The van der Waals surface area contributed by atoms with Crippen molar-refractivity contribution in [1.82, 2.24) is 5.32 Å². The van der Waals surface area contributed by atoms with Crippen molar-refractivity contribution in [1.29, 1.82) is 0 Å². The number of nitrogens with one attached hydrogen (secondary N) is 1. The van der Waals surface area contributed by atoms with Gasteiger partial charge in [0.15, 0.2) is 0 Å². The van der Waals surface area contributed by atoms with Gasteiger partial charge in [0.25, 0.3) is 0 Å². The maximum atomic E-state index is 11.8. The number of amides is 2. The van der Waals surface area contributed by atoms with Gasteiger partial charge in [0.05, 0.1) is 0 Å². The lowest BCUT2D eigenvalue weighted by molar-refractivity contribution is -0.122. The molecule has 0 spiro atoms. The molecule has 0 saturated heterocycles. The number of aryl methyl sites for hydroxylation is 2. The van der Waals surface area contributed by atoms with E-state index in [-0.39, 0.29) is 17.7 Å². The fourth-order valence-electron chi connectivity index (χ4n) is 2.34. The first-order chi connectivity index (χ1) is 9.49. The van der Waals surface area contributed by atoms with Crippen LogP contribution in [0.25, 0.3) is 0 Å². The topological polar surface area (TPSA) is 49.4 Å². The van der Waals surface area contributed by atoms with E-state index < -0.39 is 0 Å². The van der Waals surface area contributed by atoms with Gasteiger partial charge in [0.2, 0.25) is 11.8 Å². The van der Waals surface area contributed by atoms with Crippen molar-refractivity contribution in [3.8, 4) is 0 Å². The quantitative estimate of drug-likeness (QED) is 0.894. The third-order valence-electron chi connectivity index (χ3n) is 3.61. The van der Waals surface area contributed by atoms with E-state index in [2.05, 4.69) is 11.4 Å². The van der Waals surface area contributed by atoms with Crippen LogP contribution in [0.5, 0.6) is 0 Å². The van der Waals surface area contributed by atoms with Crippen molar-refractivity contribution < 1.29 is 9.59 Å². The molecule has 0 unspecified atom stereocenters. The van der Waals surface area contributed by atoms with Crippen LogP contribution < -0.4 is 10.2 Å². The molecule has 1 saturated carbocycles. The summed E-state index contributed by atoms with van der Waals surface area (Å²) >= 11 is 0. The minimum Gasteiger partial charge on any atom is -0.354 e. The molecule has 4 heteroatoms. The average molecular weight is 274 g/mol. The molecule has 2 amide bonds. The standard InChI is InChI=1S/C16H22N2O2/c1-11-4-7-15(12(2)10-11)18(13(3)19)9-8-17-16(20)14-5-6-14/h4,7,10,14H,5-6,8-9H2,1-3H3,(H,17,20). The summed E-state index contributed by atoms with van der Waals surface area (Å²) in [6, 6.07) is 6.03. The first kappa shape index (κ1) is 14.6. The number of hydrogen-bond donors (Lipinski definition) is 1. The Morgan fingerprint density at radius 2 is 2.00 bits per heavy atom. The Balaban J connectivity index is 1.99. The van der Waals surface area contributed by atoms with Crippen LogP contribution in [0.15, 0.2) is 18.2 Å². The van der Waals surface area contributed by atoms with Crippen molar-refractivity contribution in [2.24, 2.45) is 5.92 Å². The molecule has 20 heavy (non-hydrogen) atoms. The fourth-order valence-corrected chi connectivity index (χ4v) is 2.34. The highest BCUT2D eigenvalue weighted by Crippen LogP contribution is 2.28. The minimum atomic E-state index is -0.00220. The summed E-state index contributed by atoms with van der Waals surface area (Å²) in [5.41, 5.74) is 3.18. The second-order valence-corrected chi connectivity index (χ2v) is 5.53. The number of rotatable bonds is 5. The summed E-state index contributed by atoms with van der Waals surface area (Å²) in [6.07, 6.45) is 2.00. The Kier molecular flexibility index (Phi) is 4.42. The third-order valence-corrected chi connectivity index (χ3v) is 3.61. The van der Waals surface area contributed by atoms with E-state index >= 15 is 0 Å². The zero-order valence-electron chi connectivity index (χ0n) is 12.4. The normalized spacial score (nSPS) is 13.9. The average Bonchev–Trinajstić information content (AvgIpc) is 3.19. The first-order valence-electron chi connectivity index (χ1n) is 7.12. The van der Waals surface area contributed by atoms with Crippen LogP contribution in [-0.2, 0) is 9.59 Å². The Bertz CT molecular complexity index is 521. The maximum Gasteiger partial charge on any atom is 0.223 e. The lowest BCUT2D eigenvalue weighted by atomic mass is 10.1. The van der Waals surface area contributed by atoms with E-state index in [0.717, 1.165) is 24.1 Å². The highest BCUT2D eigenvalue weighted by atomic mass is 16.2. The molecule has 1 fully saturated rings. The van der Waals surface area contributed by atoms with Gasteiger partial charge < -0.3 is 10.2 Å². The van der Waals surface area contributed by atoms with Gasteiger partial charge >= 0.3 is 0 Å². The van der Waals surface area contributed by atoms with Gasteiger partial charge in [-0.15, -0.1) is 0 Å². The van der Waals surface area contributed by atoms with Crippen LogP contribution in [0.3, 0.4) is 0 Å². The lowest BCUT2D eigenvalue weighted by Gasteiger charge is -2.23. The SMILES string of the molecule is CC(=O)N(CCNC(=O)C1CC1)c1ccc(C)cc1C. The van der Waals surface area contributed by atoms with E-state index in [9.17, 15) is 9.59 Å². The summed E-state index contributed by atoms with van der Waals surface area (Å²) in [6.45, 7) is 6.60. The summed E-state index contributed by atoms with van der Waals surface area (Å²) in [5.74, 6) is 0.327. The number of carbonyl (C=O) groups is 2. The first-order valence-corrected chi connectivity index (χ1v) is 7.12. The monoisotopic (exact) mass is 274 g/mol. The molecule has 1 aliphatic carbocycles. The van der Waals surface area contributed by atoms with Gasteiger partial charge in [-0.3, -0.25) is 9.59 Å². The highest BCUT2D eigenvalue weighted by Gasteiger charge is 2.29. The van der Waals surface area contributed by atoms with Crippen molar-refractivity contribution in [2.75, 3.05) is 18.0 Å². The molecule has 0 radical (unpaired) electrons. The summed E-state index contributed by atoms with van der Waals surface area (Å²) in [5, 5.41) is 2.90. The van der Waals surface area contributed by atoms with Gasteiger partial charge in [-0.1, -0.05) is 17.7 Å². The summed E-state index contributed by atoms with van der Waals surface area (Å²) in [4.78, 5) is 25.1. The van der Waals surface area contributed by atoms with Crippen molar-refractivity contribution in [3.05, 3.63) is 29.3 Å². The molecule has 0 heterocycles.